The van der Waals surface area contributed by atoms with E-state index in [4.69, 9.17) is 10.5 Å². The number of carbonyl (C=O) groups is 1. The first-order valence-electron chi connectivity index (χ1n) is 4.24. The minimum Gasteiger partial charge on any atom is -0.462 e. The van der Waals surface area contributed by atoms with Crippen molar-refractivity contribution in [1.82, 2.24) is 0 Å². The van der Waals surface area contributed by atoms with E-state index in [1.807, 2.05) is 6.92 Å². The van der Waals surface area contributed by atoms with Crippen molar-refractivity contribution in [3.05, 3.63) is 0 Å². The van der Waals surface area contributed by atoms with Crippen LogP contribution in [0.5, 0.6) is 0 Å². The van der Waals surface area contributed by atoms with E-state index >= 15 is 0 Å². The van der Waals surface area contributed by atoms with E-state index in [9.17, 15) is 4.79 Å². The molecular formula is C9H19NO2. The zero-order valence-corrected chi connectivity index (χ0v) is 8.39. The second-order valence-electron chi connectivity index (χ2n) is 4.27. The predicted molar refractivity (Wildman–Crippen MR) is 48.7 cm³/mol. The third-order valence-corrected chi connectivity index (χ3v) is 1.40. The maximum absolute atomic E-state index is 10.8. The van der Waals surface area contributed by atoms with Gasteiger partial charge < -0.3 is 10.5 Å². The van der Waals surface area contributed by atoms with Gasteiger partial charge in [-0.05, 0) is 18.8 Å². The lowest BCUT2D eigenvalue weighted by Gasteiger charge is -2.22. The lowest BCUT2D eigenvalue weighted by molar-refractivity contribution is -0.147. The maximum Gasteiger partial charge on any atom is 0.319 e. The van der Waals surface area contributed by atoms with Gasteiger partial charge in [-0.15, -0.1) is 0 Å². The Morgan fingerprint density at radius 2 is 2.00 bits per heavy atom. The van der Waals surface area contributed by atoms with Crippen LogP contribution in [0.15, 0.2) is 0 Å². The topological polar surface area (TPSA) is 52.3 Å². The molecule has 3 nitrogen and oxygen atoms in total. The molecule has 0 fully saturated rings. The number of hydrogen-bond donors (Lipinski definition) is 1. The lowest BCUT2D eigenvalue weighted by atomic mass is 9.90. The van der Waals surface area contributed by atoms with Crippen molar-refractivity contribution >= 4 is 5.97 Å². The van der Waals surface area contributed by atoms with Gasteiger partial charge in [-0.3, -0.25) is 4.79 Å². The Hall–Kier alpha value is -0.570. The Bertz CT molecular complexity index is 149. The SMILES string of the molecule is CC(CC(C)(C)C)OC(=O)CN. The first kappa shape index (κ1) is 11.4. The molecule has 0 aliphatic heterocycles. The monoisotopic (exact) mass is 173 g/mol. The zero-order chi connectivity index (χ0) is 9.78. The van der Waals surface area contributed by atoms with Gasteiger partial charge in [-0.25, -0.2) is 0 Å². The molecule has 0 saturated heterocycles. The number of hydrogen-bond acceptors (Lipinski definition) is 3. The van der Waals surface area contributed by atoms with Crippen molar-refractivity contribution in [2.45, 2.75) is 40.2 Å². The normalized spacial score (nSPS) is 14.1. The standard InChI is InChI=1S/C9H19NO2/c1-7(5-9(2,3)4)12-8(11)6-10/h7H,5-6,10H2,1-4H3. The molecule has 0 radical (unpaired) electrons. The van der Waals surface area contributed by atoms with E-state index in [-0.39, 0.29) is 24.0 Å². The van der Waals surface area contributed by atoms with Crippen LogP contribution in [0.3, 0.4) is 0 Å². The van der Waals surface area contributed by atoms with Crippen LogP contribution in [-0.2, 0) is 9.53 Å². The van der Waals surface area contributed by atoms with E-state index in [0.717, 1.165) is 6.42 Å². The molecule has 72 valence electrons. The fourth-order valence-electron chi connectivity index (χ4n) is 1.18. The summed E-state index contributed by atoms with van der Waals surface area (Å²) in [6.07, 6.45) is 0.819. The third kappa shape index (κ3) is 6.16. The fraction of sp³-hybridized carbons (Fsp3) is 0.889. The van der Waals surface area contributed by atoms with Gasteiger partial charge in [0.15, 0.2) is 0 Å². The quantitative estimate of drug-likeness (QED) is 0.655. The molecule has 1 unspecified atom stereocenters. The smallest absolute Gasteiger partial charge is 0.319 e. The molecule has 2 N–H and O–H groups in total. The molecule has 0 aromatic heterocycles. The van der Waals surface area contributed by atoms with Gasteiger partial charge >= 0.3 is 5.97 Å². The second kappa shape index (κ2) is 4.45. The molecule has 0 aliphatic rings. The van der Waals surface area contributed by atoms with Crippen LogP contribution < -0.4 is 5.73 Å². The fourth-order valence-corrected chi connectivity index (χ4v) is 1.18. The van der Waals surface area contributed by atoms with Crippen LogP contribution in [0.1, 0.15) is 34.1 Å². The summed E-state index contributed by atoms with van der Waals surface area (Å²) < 4.78 is 5.01. The summed E-state index contributed by atoms with van der Waals surface area (Å²) in [7, 11) is 0. The van der Waals surface area contributed by atoms with E-state index in [1.165, 1.54) is 0 Å². The average molecular weight is 173 g/mol. The van der Waals surface area contributed by atoms with Crippen molar-refractivity contribution in [2.75, 3.05) is 6.54 Å². The molecule has 0 aromatic carbocycles. The molecule has 12 heavy (non-hydrogen) atoms. The van der Waals surface area contributed by atoms with Gasteiger partial charge in [-0.2, -0.15) is 0 Å². The molecular weight excluding hydrogens is 154 g/mol. The summed E-state index contributed by atoms with van der Waals surface area (Å²) in [6, 6.07) is 0. The van der Waals surface area contributed by atoms with Gasteiger partial charge in [0, 0.05) is 0 Å². The minimum absolute atomic E-state index is 0.0333. The van der Waals surface area contributed by atoms with Crippen LogP contribution in [0.25, 0.3) is 0 Å². The highest BCUT2D eigenvalue weighted by atomic mass is 16.5. The molecule has 0 heterocycles. The summed E-state index contributed by atoms with van der Waals surface area (Å²) in [4.78, 5) is 10.8. The number of nitrogens with two attached hydrogens (primary N) is 1. The van der Waals surface area contributed by atoms with Gasteiger partial charge in [0.1, 0.15) is 0 Å². The van der Waals surface area contributed by atoms with Crippen LogP contribution >= 0.6 is 0 Å². The molecule has 0 amide bonds. The van der Waals surface area contributed by atoms with Crippen molar-refractivity contribution < 1.29 is 9.53 Å². The van der Waals surface area contributed by atoms with Gasteiger partial charge in [0.05, 0.1) is 12.6 Å². The molecule has 0 aromatic rings. The summed E-state index contributed by atoms with van der Waals surface area (Å²) in [5, 5.41) is 0. The Balaban J connectivity index is 3.74. The molecule has 1 atom stereocenters. The van der Waals surface area contributed by atoms with E-state index < -0.39 is 0 Å². The molecule has 0 rings (SSSR count). The summed E-state index contributed by atoms with van der Waals surface area (Å²) in [5.41, 5.74) is 5.30. The third-order valence-electron chi connectivity index (χ3n) is 1.40. The van der Waals surface area contributed by atoms with Gasteiger partial charge in [0.25, 0.3) is 0 Å². The molecule has 0 bridgehead atoms. The Morgan fingerprint density at radius 3 is 2.33 bits per heavy atom. The molecule has 0 spiro atoms. The van der Waals surface area contributed by atoms with E-state index in [0.29, 0.717) is 0 Å². The molecule has 0 saturated carbocycles. The summed E-state index contributed by atoms with van der Waals surface area (Å²) in [6.45, 7) is 8.19. The molecule has 3 heteroatoms. The number of ether oxygens (including phenoxy) is 1. The van der Waals surface area contributed by atoms with Crippen molar-refractivity contribution in [1.29, 1.82) is 0 Å². The summed E-state index contributed by atoms with van der Waals surface area (Å²) in [5.74, 6) is -0.327. The van der Waals surface area contributed by atoms with Crippen LogP contribution in [0, 0.1) is 5.41 Å². The average Bonchev–Trinajstić information content (AvgIpc) is 1.82. The number of carbonyl (C=O) groups excluding carboxylic acids is 1. The van der Waals surface area contributed by atoms with Crippen molar-refractivity contribution in [3.63, 3.8) is 0 Å². The van der Waals surface area contributed by atoms with Gasteiger partial charge in [-0.1, -0.05) is 20.8 Å². The number of esters is 1. The van der Waals surface area contributed by atoms with Gasteiger partial charge in [0.2, 0.25) is 0 Å². The highest BCUT2D eigenvalue weighted by Crippen LogP contribution is 2.21. The maximum atomic E-state index is 10.8. The zero-order valence-electron chi connectivity index (χ0n) is 8.39. The Morgan fingerprint density at radius 1 is 1.50 bits per heavy atom. The van der Waals surface area contributed by atoms with Crippen molar-refractivity contribution in [2.24, 2.45) is 11.1 Å². The second-order valence-corrected chi connectivity index (χ2v) is 4.27. The van der Waals surface area contributed by atoms with Crippen LogP contribution in [-0.4, -0.2) is 18.6 Å². The Labute approximate surface area is 74.3 Å². The lowest BCUT2D eigenvalue weighted by Crippen LogP contribution is -2.25. The van der Waals surface area contributed by atoms with E-state index in [2.05, 4.69) is 20.8 Å². The first-order valence-corrected chi connectivity index (χ1v) is 4.24. The van der Waals surface area contributed by atoms with E-state index in [1.54, 1.807) is 0 Å². The highest BCUT2D eigenvalue weighted by Gasteiger charge is 2.17. The Kier molecular flexibility index (Phi) is 4.24. The van der Waals surface area contributed by atoms with Crippen LogP contribution in [0.2, 0.25) is 0 Å². The minimum atomic E-state index is -0.327. The largest absolute Gasteiger partial charge is 0.462 e. The number of rotatable bonds is 3. The molecule has 0 aliphatic carbocycles. The predicted octanol–water partition coefficient (Wildman–Crippen LogP) is 1.31. The highest BCUT2D eigenvalue weighted by molar-refractivity contribution is 5.71. The van der Waals surface area contributed by atoms with Crippen molar-refractivity contribution in [3.8, 4) is 0 Å². The first-order chi connectivity index (χ1) is 5.35. The van der Waals surface area contributed by atoms with Crippen LogP contribution in [0.4, 0.5) is 0 Å². The summed E-state index contributed by atoms with van der Waals surface area (Å²) >= 11 is 0.